The van der Waals surface area contributed by atoms with Crippen LogP contribution in [0.4, 0.5) is 33.2 Å². The molecule has 0 atom stereocenters. The molecule has 0 fully saturated rings. The van der Waals surface area contributed by atoms with Crippen LogP contribution in [0.1, 0.15) is 0 Å². The molecule has 0 aliphatic carbocycles. The van der Waals surface area contributed by atoms with Gasteiger partial charge < -0.3 is 20.3 Å². The molecule has 1 aliphatic rings. The van der Waals surface area contributed by atoms with Gasteiger partial charge in [-0.3, -0.25) is 4.79 Å². The van der Waals surface area contributed by atoms with Crippen molar-refractivity contribution in [3.05, 3.63) is 54.5 Å². The monoisotopic (exact) mass is 444 g/mol. The highest BCUT2D eigenvalue weighted by molar-refractivity contribution is 7.89. The normalized spacial score (nSPS) is 13.4. The molecule has 0 saturated heterocycles. The smallest absolute Gasteiger partial charge is 0.264 e. The number of nitrogens with zero attached hydrogens (tertiary/aromatic N) is 3. The summed E-state index contributed by atoms with van der Waals surface area (Å²) in [6.45, 7) is -0.0377. The summed E-state index contributed by atoms with van der Waals surface area (Å²) >= 11 is 0. The Morgan fingerprint density at radius 1 is 1.13 bits per heavy atom. The molecule has 4 N–H and O–H groups in total. The van der Waals surface area contributed by atoms with E-state index in [0.717, 1.165) is 6.20 Å². The summed E-state index contributed by atoms with van der Waals surface area (Å²) in [5.74, 6) is -0.349. The fourth-order valence-corrected chi connectivity index (χ4v) is 3.37. The van der Waals surface area contributed by atoms with Crippen LogP contribution in [0.25, 0.3) is 0 Å². The molecule has 0 spiro atoms. The second kappa shape index (κ2) is 7.81. The molecule has 0 bridgehead atoms. The number of carbonyl (C=O) groups excluding carboxylic acids is 1. The van der Waals surface area contributed by atoms with E-state index in [-0.39, 0.29) is 29.2 Å². The first-order chi connectivity index (χ1) is 14.7. The van der Waals surface area contributed by atoms with Gasteiger partial charge in [0.1, 0.15) is 5.75 Å². The number of fused-ring (bicyclic) bond motifs is 1. The number of anilines is 5. The van der Waals surface area contributed by atoms with E-state index in [9.17, 15) is 17.6 Å². The maximum atomic E-state index is 14.3. The second-order valence-corrected chi connectivity index (χ2v) is 8.19. The quantitative estimate of drug-likeness (QED) is 0.544. The van der Waals surface area contributed by atoms with Crippen LogP contribution in [0, 0.1) is 5.82 Å². The zero-order valence-electron chi connectivity index (χ0n) is 16.2. The molecule has 3 aromatic rings. The van der Waals surface area contributed by atoms with Crippen molar-refractivity contribution < 1.29 is 22.3 Å². The molecule has 160 valence electrons. The van der Waals surface area contributed by atoms with Gasteiger partial charge in [-0.05, 0) is 42.5 Å². The summed E-state index contributed by atoms with van der Waals surface area (Å²) in [6.07, 6.45) is 0.994. The molecule has 1 aliphatic heterocycles. The van der Waals surface area contributed by atoms with Gasteiger partial charge in [-0.15, -0.1) is 0 Å². The predicted molar refractivity (Wildman–Crippen MR) is 112 cm³/mol. The van der Waals surface area contributed by atoms with Crippen molar-refractivity contribution in [2.24, 2.45) is 5.14 Å². The number of rotatable bonds is 5. The fraction of sp³-hybridized carbons (Fsp3) is 0.105. The average molecular weight is 444 g/mol. The SMILES string of the molecule is CN1C(=O)COc2ccc(Nc3nc(Nc4ccc(S(N)(=O)=O)cc4)ncc3F)cc21. The molecule has 1 aromatic heterocycles. The van der Waals surface area contributed by atoms with Gasteiger partial charge in [0.15, 0.2) is 18.2 Å². The number of primary sulfonamides is 1. The Balaban J connectivity index is 1.55. The topological polar surface area (TPSA) is 140 Å². The van der Waals surface area contributed by atoms with Crippen molar-refractivity contribution in [2.75, 3.05) is 29.2 Å². The molecule has 0 saturated carbocycles. The Kier molecular flexibility index (Phi) is 5.17. The number of amides is 1. The first-order valence-corrected chi connectivity index (χ1v) is 10.5. The van der Waals surface area contributed by atoms with Crippen molar-refractivity contribution in [3.63, 3.8) is 0 Å². The van der Waals surface area contributed by atoms with Crippen LogP contribution in [0.15, 0.2) is 53.6 Å². The lowest BCUT2D eigenvalue weighted by atomic mass is 10.2. The van der Waals surface area contributed by atoms with Crippen molar-refractivity contribution in [1.29, 1.82) is 0 Å². The lowest BCUT2D eigenvalue weighted by molar-refractivity contribution is -0.120. The molecule has 1 amide bonds. The third-order valence-electron chi connectivity index (χ3n) is 4.49. The minimum Gasteiger partial charge on any atom is -0.482 e. The fourth-order valence-electron chi connectivity index (χ4n) is 2.86. The summed E-state index contributed by atoms with van der Waals surface area (Å²) in [5.41, 5.74) is 1.52. The zero-order valence-corrected chi connectivity index (χ0v) is 17.0. The summed E-state index contributed by atoms with van der Waals surface area (Å²) in [5, 5.41) is 10.8. The number of hydrogen-bond acceptors (Lipinski definition) is 8. The van der Waals surface area contributed by atoms with E-state index in [1.54, 1.807) is 25.2 Å². The van der Waals surface area contributed by atoms with Crippen LogP contribution in [0.2, 0.25) is 0 Å². The van der Waals surface area contributed by atoms with E-state index >= 15 is 0 Å². The molecular formula is C19H17FN6O4S. The summed E-state index contributed by atoms with van der Waals surface area (Å²) in [7, 11) is -2.18. The van der Waals surface area contributed by atoms with Crippen molar-refractivity contribution >= 4 is 44.8 Å². The van der Waals surface area contributed by atoms with Crippen molar-refractivity contribution in [1.82, 2.24) is 9.97 Å². The number of hydrogen-bond donors (Lipinski definition) is 3. The summed E-state index contributed by atoms with van der Waals surface area (Å²) in [6, 6.07) is 10.6. The molecular weight excluding hydrogens is 427 g/mol. The Morgan fingerprint density at radius 3 is 2.55 bits per heavy atom. The molecule has 2 aromatic carbocycles. The number of carbonyl (C=O) groups is 1. The van der Waals surface area contributed by atoms with Crippen LogP contribution in [0.3, 0.4) is 0 Å². The second-order valence-electron chi connectivity index (χ2n) is 6.63. The van der Waals surface area contributed by atoms with Gasteiger partial charge in [-0.1, -0.05) is 0 Å². The van der Waals surface area contributed by atoms with Gasteiger partial charge in [-0.2, -0.15) is 4.98 Å². The molecule has 0 radical (unpaired) electrons. The Bertz CT molecular complexity index is 1270. The van der Waals surface area contributed by atoms with Gasteiger partial charge in [0.25, 0.3) is 5.91 Å². The van der Waals surface area contributed by atoms with Crippen molar-refractivity contribution in [2.45, 2.75) is 4.90 Å². The minimum atomic E-state index is -3.81. The maximum Gasteiger partial charge on any atom is 0.264 e. The van der Waals surface area contributed by atoms with E-state index < -0.39 is 15.8 Å². The first-order valence-electron chi connectivity index (χ1n) is 8.93. The summed E-state index contributed by atoms with van der Waals surface area (Å²) < 4.78 is 42.3. The van der Waals surface area contributed by atoms with E-state index in [4.69, 9.17) is 9.88 Å². The molecule has 0 unspecified atom stereocenters. The zero-order chi connectivity index (χ0) is 22.2. The molecule has 2 heterocycles. The molecule has 31 heavy (non-hydrogen) atoms. The third-order valence-corrected chi connectivity index (χ3v) is 5.42. The van der Waals surface area contributed by atoms with E-state index in [0.29, 0.717) is 22.8 Å². The van der Waals surface area contributed by atoms with Gasteiger partial charge in [-0.25, -0.2) is 22.9 Å². The number of nitrogens with two attached hydrogens (primary N) is 1. The molecule has 10 nitrogen and oxygen atoms in total. The Morgan fingerprint density at radius 2 is 1.84 bits per heavy atom. The number of sulfonamides is 1. The van der Waals surface area contributed by atoms with Crippen LogP contribution >= 0.6 is 0 Å². The number of benzene rings is 2. The van der Waals surface area contributed by atoms with Gasteiger partial charge in [0.2, 0.25) is 16.0 Å². The number of aromatic nitrogens is 2. The van der Waals surface area contributed by atoms with Crippen LogP contribution in [0.5, 0.6) is 5.75 Å². The lowest BCUT2D eigenvalue weighted by Crippen LogP contribution is -2.35. The highest BCUT2D eigenvalue weighted by Gasteiger charge is 2.22. The highest BCUT2D eigenvalue weighted by Crippen LogP contribution is 2.34. The van der Waals surface area contributed by atoms with Gasteiger partial charge in [0.05, 0.1) is 16.8 Å². The number of likely N-dealkylation sites (N-methyl/N-ethyl adjacent to an activating group) is 1. The van der Waals surface area contributed by atoms with Crippen LogP contribution in [-0.4, -0.2) is 37.9 Å². The van der Waals surface area contributed by atoms with Gasteiger partial charge >= 0.3 is 0 Å². The number of nitrogens with one attached hydrogen (secondary N) is 2. The van der Waals surface area contributed by atoms with Crippen molar-refractivity contribution in [3.8, 4) is 5.75 Å². The third kappa shape index (κ3) is 4.39. The van der Waals surface area contributed by atoms with Crippen LogP contribution < -0.4 is 25.4 Å². The standard InChI is InChI=1S/C19H17FN6O4S/c1-26-15-8-12(4-7-16(15)30-10-17(26)27)23-18-14(20)9-22-19(25-18)24-11-2-5-13(6-3-11)31(21,28)29/h2-9H,10H2,1H3,(H2,21,28,29)(H2,22,23,24,25). The van der Waals surface area contributed by atoms with Crippen LogP contribution in [-0.2, 0) is 14.8 Å². The Hall–Kier alpha value is -3.77. The average Bonchev–Trinajstić information content (AvgIpc) is 2.73. The van der Waals surface area contributed by atoms with Gasteiger partial charge in [0, 0.05) is 18.4 Å². The number of ether oxygens (including phenoxy) is 1. The van der Waals surface area contributed by atoms with E-state index in [1.165, 1.54) is 29.2 Å². The minimum absolute atomic E-state index is 0.0377. The Labute approximate surface area is 176 Å². The maximum absolute atomic E-state index is 14.3. The predicted octanol–water partition coefficient (Wildman–Crippen LogP) is 2.11. The summed E-state index contributed by atoms with van der Waals surface area (Å²) in [4.78, 5) is 21.2. The molecule has 12 heteroatoms. The largest absolute Gasteiger partial charge is 0.482 e. The van der Waals surface area contributed by atoms with E-state index in [2.05, 4.69) is 20.6 Å². The van der Waals surface area contributed by atoms with E-state index in [1.807, 2.05) is 0 Å². The highest BCUT2D eigenvalue weighted by atomic mass is 32.2. The molecule has 4 rings (SSSR count). The first kappa shape index (κ1) is 20.5. The lowest BCUT2D eigenvalue weighted by Gasteiger charge is -2.26. The number of halogens is 1.